The number of aliphatic hydroxyl groups is 1. The van der Waals surface area contributed by atoms with Crippen LogP contribution in [-0.2, 0) is 0 Å². The van der Waals surface area contributed by atoms with Crippen LogP contribution < -0.4 is 0 Å². The van der Waals surface area contributed by atoms with Crippen molar-refractivity contribution in [3.05, 3.63) is 11.9 Å². The zero-order chi connectivity index (χ0) is 10.7. The van der Waals surface area contributed by atoms with Gasteiger partial charge in [0.25, 0.3) is 0 Å². The van der Waals surface area contributed by atoms with Gasteiger partial charge in [-0.25, -0.2) is 0 Å². The van der Waals surface area contributed by atoms with Crippen LogP contribution in [-0.4, -0.2) is 13.9 Å². The zero-order valence-corrected chi connectivity index (χ0v) is 9.91. The van der Waals surface area contributed by atoms with Gasteiger partial charge in [-0.1, -0.05) is 26.2 Å². The Labute approximate surface area is 94.9 Å². The van der Waals surface area contributed by atoms with E-state index in [1.54, 1.807) is 6.20 Å². The Morgan fingerprint density at radius 3 is 3.13 bits per heavy atom. The fourth-order valence-corrected chi connectivity index (χ4v) is 2.99. The first-order chi connectivity index (χ1) is 7.31. The van der Waals surface area contributed by atoms with Crippen LogP contribution in [0.5, 0.6) is 0 Å². The van der Waals surface area contributed by atoms with E-state index in [1.807, 2.05) is 0 Å². The number of hydrogen-bond acceptors (Lipinski definition) is 4. The summed E-state index contributed by atoms with van der Waals surface area (Å²) in [6.45, 7) is 2.24. The van der Waals surface area contributed by atoms with Crippen molar-refractivity contribution in [2.24, 2.45) is 11.8 Å². The van der Waals surface area contributed by atoms with Crippen molar-refractivity contribution >= 4 is 11.7 Å². The van der Waals surface area contributed by atoms with E-state index in [1.165, 1.54) is 31.0 Å². The molecule has 0 aromatic carbocycles. The summed E-state index contributed by atoms with van der Waals surface area (Å²) in [6, 6.07) is 0. The normalized spacial score (nSPS) is 28.9. The Kier molecular flexibility index (Phi) is 3.70. The second-order valence-corrected chi connectivity index (χ2v) is 5.03. The van der Waals surface area contributed by atoms with Gasteiger partial charge in [0.05, 0.1) is 17.9 Å². The van der Waals surface area contributed by atoms with E-state index >= 15 is 0 Å². The molecule has 84 valence electrons. The van der Waals surface area contributed by atoms with Crippen molar-refractivity contribution in [2.45, 2.75) is 45.1 Å². The minimum atomic E-state index is -0.391. The van der Waals surface area contributed by atoms with Gasteiger partial charge in [-0.3, -0.25) is 0 Å². The van der Waals surface area contributed by atoms with Crippen LogP contribution in [0.1, 0.15) is 50.8 Å². The molecule has 1 N–H and O–H groups in total. The third-order valence-electron chi connectivity index (χ3n) is 3.53. The Morgan fingerprint density at radius 2 is 2.47 bits per heavy atom. The Hall–Kier alpha value is -0.480. The van der Waals surface area contributed by atoms with Crippen LogP contribution in [0, 0.1) is 11.8 Å². The molecule has 2 rings (SSSR count). The van der Waals surface area contributed by atoms with Crippen LogP contribution >= 0.6 is 11.7 Å². The molecule has 0 aliphatic heterocycles. The molecule has 1 aliphatic carbocycles. The molecular formula is C11H18N2OS. The lowest BCUT2D eigenvalue weighted by Gasteiger charge is -2.30. The molecule has 0 saturated heterocycles. The summed E-state index contributed by atoms with van der Waals surface area (Å²) >= 11 is 1.18. The topological polar surface area (TPSA) is 46.0 Å². The average Bonchev–Trinajstić information content (AvgIpc) is 2.81. The lowest BCUT2D eigenvalue weighted by atomic mass is 9.77. The molecule has 0 radical (unpaired) electrons. The maximum Gasteiger partial charge on any atom is 0.103 e. The number of hydrogen-bond donors (Lipinski definition) is 1. The van der Waals surface area contributed by atoms with E-state index in [-0.39, 0.29) is 0 Å². The fourth-order valence-electron chi connectivity index (χ4n) is 2.53. The van der Waals surface area contributed by atoms with Crippen molar-refractivity contribution in [1.82, 2.24) is 8.75 Å². The van der Waals surface area contributed by atoms with Crippen LogP contribution in [0.3, 0.4) is 0 Å². The second-order valence-electron chi connectivity index (χ2n) is 4.48. The van der Waals surface area contributed by atoms with E-state index in [9.17, 15) is 5.11 Å². The van der Waals surface area contributed by atoms with E-state index < -0.39 is 6.10 Å². The number of rotatable bonds is 3. The van der Waals surface area contributed by atoms with Gasteiger partial charge < -0.3 is 5.11 Å². The molecule has 0 bridgehead atoms. The molecule has 3 nitrogen and oxygen atoms in total. The first-order valence-corrected chi connectivity index (χ1v) is 6.49. The minimum Gasteiger partial charge on any atom is -0.386 e. The van der Waals surface area contributed by atoms with Gasteiger partial charge in [-0.2, -0.15) is 8.75 Å². The first kappa shape index (κ1) is 11.0. The molecule has 15 heavy (non-hydrogen) atoms. The standard InChI is InChI=1S/C11H18N2OS/c1-2-8-4-3-5-9(6-8)11(14)10-7-12-15-13-10/h7-9,11,14H,2-6H2,1H3. The molecule has 4 heteroatoms. The summed E-state index contributed by atoms with van der Waals surface area (Å²) in [7, 11) is 0. The molecule has 0 amide bonds. The number of nitrogens with zero attached hydrogens (tertiary/aromatic N) is 2. The molecule has 0 spiro atoms. The molecule has 1 aromatic rings. The highest BCUT2D eigenvalue weighted by molar-refractivity contribution is 6.99. The zero-order valence-electron chi connectivity index (χ0n) is 9.09. The van der Waals surface area contributed by atoms with Crippen molar-refractivity contribution in [3.8, 4) is 0 Å². The fraction of sp³-hybridized carbons (Fsp3) is 0.818. The Morgan fingerprint density at radius 1 is 1.60 bits per heavy atom. The first-order valence-electron chi connectivity index (χ1n) is 5.76. The molecule has 1 aliphatic rings. The largest absolute Gasteiger partial charge is 0.386 e. The van der Waals surface area contributed by atoms with Gasteiger partial charge in [-0.15, -0.1) is 0 Å². The van der Waals surface area contributed by atoms with E-state index in [2.05, 4.69) is 15.7 Å². The van der Waals surface area contributed by atoms with Crippen molar-refractivity contribution < 1.29 is 5.11 Å². The third kappa shape index (κ3) is 2.55. The number of aromatic nitrogens is 2. The minimum absolute atomic E-state index is 0.391. The maximum atomic E-state index is 10.2. The van der Waals surface area contributed by atoms with E-state index in [0.29, 0.717) is 5.92 Å². The number of aliphatic hydroxyl groups excluding tert-OH is 1. The Bertz CT molecular complexity index is 289. The monoisotopic (exact) mass is 226 g/mol. The molecule has 1 aromatic heterocycles. The quantitative estimate of drug-likeness (QED) is 0.862. The molecule has 1 saturated carbocycles. The lowest BCUT2D eigenvalue weighted by molar-refractivity contribution is 0.0651. The van der Waals surface area contributed by atoms with Crippen LogP contribution in [0.2, 0.25) is 0 Å². The maximum absolute atomic E-state index is 10.2. The summed E-state index contributed by atoms with van der Waals surface area (Å²) < 4.78 is 8.07. The molecule has 1 heterocycles. The smallest absolute Gasteiger partial charge is 0.103 e. The van der Waals surface area contributed by atoms with Gasteiger partial charge >= 0.3 is 0 Å². The van der Waals surface area contributed by atoms with Gasteiger partial charge in [0.2, 0.25) is 0 Å². The molecule has 3 unspecified atom stereocenters. The molecule has 1 fully saturated rings. The van der Waals surface area contributed by atoms with Crippen LogP contribution in [0.4, 0.5) is 0 Å². The van der Waals surface area contributed by atoms with Gasteiger partial charge in [0.15, 0.2) is 0 Å². The molecular weight excluding hydrogens is 208 g/mol. The van der Waals surface area contributed by atoms with Crippen LogP contribution in [0.15, 0.2) is 6.20 Å². The summed E-state index contributed by atoms with van der Waals surface area (Å²) in [5.41, 5.74) is 0.766. The highest BCUT2D eigenvalue weighted by Gasteiger charge is 2.28. The second kappa shape index (κ2) is 5.03. The van der Waals surface area contributed by atoms with E-state index in [0.717, 1.165) is 24.5 Å². The Balaban J connectivity index is 1.98. The lowest BCUT2D eigenvalue weighted by Crippen LogP contribution is -2.21. The summed E-state index contributed by atoms with van der Waals surface area (Å²) in [5, 5.41) is 10.2. The van der Waals surface area contributed by atoms with Crippen molar-refractivity contribution in [2.75, 3.05) is 0 Å². The van der Waals surface area contributed by atoms with Crippen molar-refractivity contribution in [3.63, 3.8) is 0 Å². The highest BCUT2D eigenvalue weighted by atomic mass is 32.1. The summed E-state index contributed by atoms with van der Waals surface area (Å²) in [4.78, 5) is 0. The molecule has 3 atom stereocenters. The predicted octanol–water partition coefficient (Wildman–Crippen LogP) is 2.79. The van der Waals surface area contributed by atoms with Gasteiger partial charge in [-0.05, 0) is 24.7 Å². The SMILES string of the molecule is CCC1CCCC(C(O)c2cnsn2)C1. The average molecular weight is 226 g/mol. The summed E-state index contributed by atoms with van der Waals surface area (Å²) in [5.74, 6) is 1.19. The van der Waals surface area contributed by atoms with Gasteiger partial charge in [0, 0.05) is 0 Å². The van der Waals surface area contributed by atoms with Crippen molar-refractivity contribution in [1.29, 1.82) is 0 Å². The highest BCUT2D eigenvalue weighted by Crippen LogP contribution is 2.37. The third-order valence-corrected chi connectivity index (χ3v) is 4.02. The van der Waals surface area contributed by atoms with E-state index in [4.69, 9.17) is 0 Å². The summed E-state index contributed by atoms with van der Waals surface area (Å²) in [6.07, 6.45) is 7.40. The predicted molar refractivity (Wildman–Crippen MR) is 60.6 cm³/mol. The van der Waals surface area contributed by atoms with Gasteiger partial charge in [0.1, 0.15) is 11.8 Å². The van der Waals surface area contributed by atoms with Crippen LogP contribution in [0.25, 0.3) is 0 Å².